The molecule has 0 saturated heterocycles. The van der Waals surface area contributed by atoms with Gasteiger partial charge in [0.1, 0.15) is 18.2 Å². The largest absolute Gasteiger partial charge is 0.443 e. The van der Waals surface area contributed by atoms with Crippen LogP contribution in [0.15, 0.2) is 60.7 Å². The summed E-state index contributed by atoms with van der Waals surface area (Å²) in [5, 5.41) is 14.9. The second kappa shape index (κ2) is 15.8. The minimum Gasteiger partial charge on any atom is -0.443 e. The van der Waals surface area contributed by atoms with Gasteiger partial charge in [0.05, 0.1) is 6.04 Å². The number of ketones is 1. The van der Waals surface area contributed by atoms with Crippen LogP contribution in [0.1, 0.15) is 58.6 Å². The number of ether oxygens (including phenoxy) is 1. The Morgan fingerprint density at radius 3 is 1.95 bits per heavy atom. The number of urea groups is 1. The second-order valence-electron chi connectivity index (χ2n) is 10.9. The third-order valence-corrected chi connectivity index (χ3v) is 6.53. The minimum atomic E-state index is -1.02. The number of hydrogen-bond acceptors (Lipinski definition) is 6. The number of nitrogens with zero attached hydrogens (tertiary/aromatic N) is 1. The van der Waals surface area contributed by atoms with Gasteiger partial charge in [-0.15, -0.1) is 0 Å². The number of amides is 4. The number of hydrogen-bond donors (Lipinski definition) is 3. The van der Waals surface area contributed by atoms with Crippen molar-refractivity contribution in [1.82, 2.24) is 15.5 Å². The average molecular weight is 554 g/mol. The molecule has 0 saturated carbocycles. The van der Waals surface area contributed by atoms with E-state index in [4.69, 9.17) is 4.74 Å². The van der Waals surface area contributed by atoms with Gasteiger partial charge in [-0.1, -0.05) is 80.9 Å². The predicted molar refractivity (Wildman–Crippen MR) is 154 cm³/mol. The molecule has 218 valence electrons. The maximum absolute atomic E-state index is 13.4. The summed E-state index contributed by atoms with van der Waals surface area (Å²) in [7, 11) is 0. The van der Waals surface area contributed by atoms with Crippen LogP contribution in [0.4, 0.5) is 9.59 Å². The molecule has 2 rings (SSSR count). The molecule has 0 aliphatic carbocycles. The van der Waals surface area contributed by atoms with Crippen molar-refractivity contribution >= 4 is 23.8 Å². The van der Waals surface area contributed by atoms with E-state index in [-0.39, 0.29) is 18.9 Å². The van der Waals surface area contributed by atoms with Crippen molar-refractivity contribution in [3.8, 4) is 0 Å². The van der Waals surface area contributed by atoms with Gasteiger partial charge < -0.3 is 20.5 Å². The van der Waals surface area contributed by atoms with Crippen molar-refractivity contribution in [3.05, 3.63) is 71.8 Å². The number of rotatable bonds is 13. The molecule has 4 amide bonds. The SMILES string of the molecule is CCC(C)[C@@H](NC(=O)N(CCc1ccccc1)C(=O)OC(C)(C)C)C(=O)NC(CCc1ccccc1)C(=O)CO. The molecule has 0 aromatic heterocycles. The molecule has 0 radical (unpaired) electrons. The van der Waals surface area contributed by atoms with Crippen LogP contribution < -0.4 is 10.6 Å². The lowest BCUT2D eigenvalue weighted by molar-refractivity contribution is -0.131. The number of aryl methyl sites for hydroxylation is 1. The fourth-order valence-electron chi connectivity index (χ4n) is 4.03. The number of imide groups is 1. The van der Waals surface area contributed by atoms with Gasteiger partial charge in [0.2, 0.25) is 5.91 Å². The number of Topliss-reactive ketones (excluding diaryl/α,β-unsaturated/α-hetero) is 1. The molecule has 0 bridgehead atoms. The Labute approximate surface area is 237 Å². The van der Waals surface area contributed by atoms with Crippen molar-refractivity contribution in [1.29, 1.82) is 0 Å². The molecular formula is C31H43N3O6. The standard InChI is InChI=1S/C31H43N3O6/c1-6-22(2)27(28(37)32-25(26(36)21-35)18-17-23-13-9-7-10-14-23)33-29(38)34(30(39)40-31(3,4)5)20-19-24-15-11-8-12-16-24/h7-16,22,25,27,35H,6,17-21H2,1-5H3,(H,32,37)(H,33,38)/t22?,25?,27-/m1/s1. The number of carbonyl (C=O) groups excluding carboxylic acids is 4. The smallest absolute Gasteiger partial charge is 0.418 e. The molecule has 2 unspecified atom stereocenters. The average Bonchev–Trinajstić information content (AvgIpc) is 2.93. The number of aliphatic hydroxyl groups is 1. The van der Waals surface area contributed by atoms with E-state index in [2.05, 4.69) is 10.6 Å². The molecule has 0 heterocycles. The van der Waals surface area contributed by atoms with E-state index in [0.717, 1.165) is 16.0 Å². The molecule has 2 aromatic rings. The van der Waals surface area contributed by atoms with Gasteiger partial charge >= 0.3 is 12.1 Å². The van der Waals surface area contributed by atoms with Crippen LogP contribution >= 0.6 is 0 Å². The lowest BCUT2D eigenvalue weighted by atomic mass is 9.96. The topological polar surface area (TPSA) is 125 Å². The normalized spacial score (nSPS) is 13.4. The van der Waals surface area contributed by atoms with Gasteiger partial charge in [-0.25, -0.2) is 14.5 Å². The first-order valence-electron chi connectivity index (χ1n) is 13.8. The summed E-state index contributed by atoms with van der Waals surface area (Å²) >= 11 is 0. The Morgan fingerprint density at radius 2 is 1.45 bits per heavy atom. The quantitative estimate of drug-likeness (QED) is 0.340. The van der Waals surface area contributed by atoms with Gasteiger partial charge in [-0.2, -0.15) is 0 Å². The Balaban J connectivity index is 2.20. The summed E-state index contributed by atoms with van der Waals surface area (Å²) in [6.07, 6.45) is 0.944. The summed E-state index contributed by atoms with van der Waals surface area (Å²) in [5.74, 6) is -1.39. The van der Waals surface area contributed by atoms with Crippen LogP contribution in [0.25, 0.3) is 0 Å². The minimum absolute atomic E-state index is 0.0440. The monoisotopic (exact) mass is 553 g/mol. The van der Waals surface area contributed by atoms with Crippen molar-refractivity contribution in [2.24, 2.45) is 5.92 Å². The first-order chi connectivity index (χ1) is 18.9. The van der Waals surface area contributed by atoms with Gasteiger partial charge in [0.25, 0.3) is 0 Å². The van der Waals surface area contributed by atoms with Crippen LogP contribution in [0.3, 0.4) is 0 Å². The Bertz CT molecular complexity index is 1100. The molecule has 3 atom stereocenters. The molecule has 3 N–H and O–H groups in total. The molecule has 9 nitrogen and oxygen atoms in total. The first-order valence-corrected chi connectivity index (χ1v) is 13.8. The van der Waals surface area contributed by atoms with Crippen LogP contribution in [0.5, 0.6) is 0 Å². The molecule has 0 fully saturated rings. The summed E-state index contributed by atoms with van der Waals surface area (Å²) < 4.78 is 5.48. The molecular weight excluding hydrogens is 510 g/mol. The molecule has 9 heteroatoms. The number of carbonyl (C=O) groups is 4. The van der Waals surface area contributed by atoms with Gasteiger partial charge in [0, 0.05) is 6.54 Å². The summed E-state index contributed by atoms with van der Waals surface area (Å²) in [6.45, 7) is 8.14. The highest BCUT2D eigenvalue weighted by Gasteiger charge is 2.33. The highest BCUT2D eigenvalue weighted by atomic mass is 16.6. The number of nitrogens with one attached hydrogen (secondary N) is 2. The summed E-state index contributed by atoms with van der Waals surface area (Å²) in [5.41, 5.74) is 1.10. The van der Waals surface area contributed by atoms with Crippen molar-refractivity contribution in [3.63, 3.8) is 0 Å². The van der Waals surface area contributed by atoms with E-state index in [1.165, 1.54) is 0 Å². The second-order valence-corrected chi connectivity index (χ2v) is 10.9. The number of aliphatic hydroxyl groups excluding tert-OH is 1. The molecule has 2 aromatic carbocycles. The van der Waals surface area contributed by atoms with E-state index in [1.54, 1.807) is 27.7 Å². The van der Waals surface area contributed by atoms with Gasteiger partial charge in [0.15, 0.2) is 5.78 Å². The van der Waals surface area contributed by atoms with E-state index in [1.807, 2.05) is 67.6 Å². The lowest BCUT2D eigenvalue weighted by Gasteiger charge is -2.30. The lowest BCUT2D eigenvalue weighted by Crippen LogP contribution is -2.58. The summed E-state index contributed by atoms with van der Waals surface area (Å²) in [4.78, 5) is 53.3. The third-order valence-electron chi connectivity index (χ3n) is 6.53. The molecule has 0 aliphatic rings. The fraction of sp³-hybridized carbons (Fsp3) is 0.484. The van der Waals surface area contributed by atoms with Gasteiger partial charge in [-0.05, 0) is 57.1 Å². The molecule has 40 heavy (non-hydrogen) atoms. The van der Waals surface area contributed by atoms with Gasteiger partial charge in [-0.3, -0.25) is 9.59 Å². The van der Waals surface area contributed by atoms with Crippen LogP contribution in [-0.2, 0) is 27.2 Å². The predicted octanol–water partition coefficient (Wildman–Crippen LogP) is 4.27. The van der Waals surface area contributed by atoms with Crippen molar-refractivity contribution < 1.29 is 29.0 Å². The maximum Gasteiger partial charge on any atom is 0.418 e. The highest BCUT2D eigenvalue weighted by molar-refractivity contribution is 5.96. The Hall–Kier alpha value is -3.72. The van der Waals surface area contributed by atoms with E-state index in [0.29, 0.717) is 19.3 Å². The number of benzene rings is 2. The third kappa shape index (κ3) is 10.8. The zero-order valence-corrected chi connectivity index (χ0v) is 24.2. The highest BCUT2D eigenvalue weighted by Crippen LogP contribution is 2.14. The van der Waals surface area contributed by atoms with E-state index >= 15 is 0 Å². The van der Waals surface area contributed by atoms with Crippen molar-refractivity contribution in [2.45, 2.75) is 78.0 Å². The van der Waals surface area contributed by atoms with E-state index < -0.39 is 48.1 Å². The fourth-order valence-corrected chi connectivity index (χ4v) is 4.03. The summed E-state index contributed by atoms with van der Waals surface area (Å²) in [6, 6.07) is 16.2. The van der Waals surface area contributed by atoms with Crippen LogP contribution in [-0.4, -0.2) is 64.7 Å². The Kier molecular flexibility index (Phi) is 12.8. The zero-order valence-electron chi connectivity index (χ0n) is 24.2. The Morgan fingerprint density at radius 1 is 0.900 bits per heavy atom. The maximum atomic E-state index is 13.4. The van der Waals surface area contributed by atoms with Crippen LogP contribution in [0.2, 0.25) is 0 Å². The van der Waals surface area contributed by atoms with Crippen LogP contribution in [0, 0.1) is 5.92 Å². The van der Waals surface area contributed by atoms with E-state index in [9.17, 15) is 24.3 Å². The van der Waals surface area contributed by atoms with Crippen molar-refractivity contribution in [2.75, 3.05) is 13.2 Å². The zero-order chi connectivity index (χ0) is 29.7. The molecule has 0 spiro atoms. The first kappa shape index (κ1) is 32.5. The molecule has 0 aliphatic heterocycles.